The smallest absolute Gasteiger partial charge is 0.0319 e. The van der Waals surface area contributed by atoms with E-state index >= 15 is 0 Å². The molecule has 0 heterocycles. The minimum Gasteiger partial charge on any atom is -0.400 e. The first kappa shape index (κ1) is 103. The van der Waals surface area contributed by atoms with Crippen LogP contribution in [0, 0.1) is 0 Å². The van der Waals surface area contributed by atoms with E-state index in [9.17, 15) is 0 Å². The van der Waals surface area contributed by atoms with Crippen LogP contribution in [0.4, 0.5) is 0 Å². The zero-order chi connectivity index (χ0) is 47.6. The molecule has 0 aliphatic carbocycles. The molecule has 0 saturated carbocycles. The van der Waals surface area contributed by atoms with E-state index in [1.165, 1.54) is 77.5 Å². The van der Waals surface area contributed by atoms with Crippen LogP contribution in [0.5, 0.6) is 0 Å². The number of nitrogens with zero attached hydrogens (tertiary/aromatic N) is 33. The molecule has 0 radical (unpaired) electrons. The predicted octanol–water partition coefficient (Wildman–Crippen LogP) is 9.65. The number of hydrogen-bond acceptors (Lipinski definition) is 15. The first-order valence-electron chi connectivity index (χ1n) is 12.1. The summed E-state index contributed by atoms with van der Waals surface area (Å²) in [7, 11) is 19.3. The minimum atomic E-state index is 1.00. The highest BCUT2D eigenvalue weighted by atomic mass is 16.2. The summed E-state index contributed by atoms with van der Waals surface area (Å²) in [5.74, 6) is 0. The fourth-order valence-electron chi connectivity index (χ4n) is 0. The summed E-state index contributed by atoms with van der Waals surface area (Å²) >= 11 is 0. The molecule has 4 N–H and O–H groups in total. The minimum absolute atomic E-state index is 1.00. The van der Waals surface area contributed by atoms with Crippen LogP contribution in [0.25, 0.3) is 115 Å². The summed E-state index contributed by atoms with van der Waals surface area (Å²) in [6, 6.07) is 0. The van der Waals surface area contributed by atoms with Crippen LogP contribution in [0.2, 0.25) is 0 Å². The second kappa shape index (κ2) is 436. The molecule has 0 aromatic carbocycles. The van der Waals surface area contributed by atoms with Crippen molar-refractivity contribution in [3.63, 3.8) is 0 Å². The zero-order valence-corrected chi connectivity index (χ0v) is 33.5. The first-order chi connectivity index (χ1) is 26.1. The molecule has 0 bridgehead atoms. The Balaban J connectivity index is -0.0000000205. The SMILES string of the molecule is CC.CN=[N+]=[N-].CN=[N+]=[N-].CN=[N+]=[N-].CN=[N+]=[N-].CN=[N+]=[N-].CN=[N+]=[N-].CN=[N+]=[N-].CN=[N+]=[N-].CN=[N+]=[N-].CN=[N+]=[N-].CN=[N+]=[N-].CO.CO.CO.CO. The fourth-order valence-corrected chi connectivity index (χ4v) is 0. The maximum atomic E-state index is 7.33. The number of rotatable bonds is 0. The maximum Gasteiger partial charge on any atom is 0.0319 e. The van der Waals surface area contributed by atoms with Gasteiger partial charge in [0.1, 0.15) is 0 Å². The van der Waals surface area contributed by atoms with E-state index in [1.54, 1.807) is 0 Å². The Labute approximate surface area is 311 Å². The van der Waals surface area contributed by atoms with Gasteiger partial charge < -0.3 is 20.4 Å². The molecule has 0 aliphatic heterocycles. The fraction of sp³-hybridized carbons (Fsp3) is 1.00. The van der Waals surface area contributed by atoms with Gasteiger partial charge in [-0.15, -0.1) is 0 Å². The monoisotopic (exact) mass is 786 g/mol. The number of aliphatic hydroxyl groups is 4. The molecular weight excluding hydrogens is 730 g/mol. The molecule has 37 heteroatoms. The highest BCUT2D eigenvalue weighted by Crippen LogP contribution is 1.50. The van der Waals surface area contributed by atoms with Gasteiger partial charge >= 0.3 is 0 Å². The summed E-state index contributed by atoms with van der Waals surface area (Å²) in [4.78, 5) is 26.0. The Morgan fingerprint density at radius 1 is 0.204 bits per heavy atom. The third kappa shape index (κ3) is 7840. The quantitative estimate of drug-likeness (QED) is 0.106. The van der Waals surface area contributed by atoms with E-state index < -0.39 is 0 Å². The van der Waals surface area contributed by atoms with E-state index in [-0.39, 0.29) is 0 Å². The summed E-state index contributed by atoms with van der Waals surface area (Å²) in [6.45, 7) is 4.00. The van der Waals surface area contributed by atoms with Crippen molar-refractivity contribution in [2.75, 3.05) is 106 Å². The number of azide groups is 11. The van der Waals surface area contributed by atoms with Gasteiger partial charge in [0, 0.05) is 160 Å². The van der Waals surface area contributed by atoms with Gasteiger partial charge in [-0.25, -0.2) is 0 Å². The maximum absolute atomic E-state index is 7.33. The molecule has 0 aromatic rings. The van der Waals surface area contributed by atoms with E-state index in [2.05, 4.69) is 110 Å². The molecule has 37 nitrogen and oxygen atoms in total. The van der Waals surface area contributed by atoms with E-state index in [1.807, 2.05) is 13.8 Å². The Bertz CT molecular complexity index is 789. The van der Waals surface area contributed by atoms with Crippen LogP contribution in [0.15, 0.2) is 56.3 Å². The van der Waals surface area contributed by atoms with Crippen LogP contribution in [-0.4, -0.2) is 126 Å². The Morgan fingerprint density at radius 2 is 0.222 bits per heavy atom. The van der Waals surface area contributed by atoms with Gasteiger partial charge in [0.2, 0.25) is 0 Å². The van der Waals surface area contributed by atoms with Gasteiger partial charge in [-0.3, -0.25) is 0 Å². The third-order valence-corrected chi connectivity index (χ3v) is 0.984. The molecule has 0 amide bonds. The lowest BCUT2D eigenvalue weighted by Gasteiger charge is -1.35. The standard InChI is InChI=1S/C2H6.11CH3N3.4CH4O/c1-2;11*1-3-4-2;4*1-2/h1-2H3;11*1H3;4*2H,1H3. The van der Waals surface area contributed by atoms with Crippen molar-refractivity contribution >= 4 is 0 Å². The molecule has 312 valence electrons. The van der Waals surface area contributed by atoms with Crippen molar-refractivity contribution in [2.24, 2.45) is 56.3 Å². The van der Waals surface area contributed by atoms with Gasteiger partial charge in [-0.2, -0.15) is 0 Å². The second-order valence-corrected chi connectivity index (χ2v) is 3.18. The van der Waals surface area contributed by atoms with Crippen molar-refractivity contribution in [3.8, 4) is 0 Å². The lowest BCUT2D eigenvalue weighted by molar-refractivity contribution is 0.399. The Morgan fingerprint density at radius 3 is 0.222 bits per heavy atom. The van der Waals surface area contributed by atoms with Crippen molar-refractivity contribution in [2.45, 2.75) is 13.8 Å². The lowest BCUT2D eigenvalue weighted by atomic mass is 11.0. The van der Waals surface area contributed by atoms with Gasteiger partial charge in [0.25, 0.3) is 0 Å². The molecule has 54 heavy (non-hydrogen) atoms. The van der Waals surface area contributed by atoms with Crippen LogP contribution < -0.4 is 0 Å². The molecule has 0 saturated heterocycles. The topological polar surface area (TPSA) is 617 Å². The molecule has 0 atom stereocenters. The van der Waals surface area contributed by atoms with Crippen molar-refractivity contribution in [1.82, 2.24) is 0 Å². The largest absolute Gasteiger partial charge is 0.400 e. The molecule has 0 aromatic heterocycles. The summed E-state index contributed by atoms with van der Waals surface area (Å²) in [6.07, 6.45) is 0. The lowest BCUT2D eigenvalue weighted by Crippen LogP contribution is -1.25. The Hall–Kier alpha value is -7.75. The van der Waals surface area contributed by atoms with E-state index in [0.717, 1.165) is 28.4 Å². The average Bonchev–Trinajstić information content (AvgIpc) is 3.30. The molecule has 0 unspecified atom stereocenters. The molecular formula is C17H55N33O4. The highest BCUT2D eigenvalue weighted by molar-refractivity contribution is 4.34. The van der Waals surface area contributed by atoms with Crippen LogP contribution in [-0.2, 0) is 0 Å². The van der Waals surface area contributed by atoms with Crippen molar-refractivity contribution in [3.05, 3.63) is 115 Å². The molecule has 0 rings (SSSR count). The molecule has 0 spiro atoms. The summed E-state index contributed by atoms with van der Waals surface area (Å²) < 4.78 is 0. The van der Waals surface area contributed by atoms with Gasteiger partial charge in [-0.1, -0.05) is 70.1 Å². The van der Waals surface area contributed by atoms with Gasteiger partial charge in [0.15, 0.2) is 0 Å². The van der Waals surface area contributed by atoms with E-state index in [4.69, 9.17) is 81.3 Å². The zero-order valence-electron chi connectivity index (χ0n) is 33.5. The second-order valence-electron chi connectivity index (χ2n) is 3.18. The van der Waals surface area contributed by atoms with Gasteiger partial charge in [0.05, 0.1) is 0 Å². The average molecular weight is 786 g/mol. The number of hydrogen-bond donors (Lipinski definition) is 4. The molecule has 0 aliphatic rings. The van der Waals surface area contributed by atoms with Crippen molar-refractivity contribution in [1.29, 1.82) is 0 Å². The van der Waals surface area contributed by atoms with Gasteiger partial charge in [-0.05, 0) is 60.8 Å². The highest BCUT2D eigenvalue weighted by Gasteiger charge is 1.31. The van der Waals surface area contributed by atoms with E-state index in [0.29, 0.717) is 0 Å². The van der Waals surface area contributed by atoms with Crippen LogP contribution >= 0.6 is 0 Å². The summed E-state index contributed by atoms with van der Waals surface area (Å²) in [5.41, 5.74) is 80.7. The molecule has 0 fully saturated rings. The Kier molecular flexibility index (Phi) is 836. The first-order valence-corrected chi connectivity index (χ1v) is 12.1. The predicted molar refractivity (Wildman–Crippen MR) is 210 cm³/mol. The third-order valence-electron chi connectivity index (χ3n) is 0.984. The summed E-state index contributed by atoms with van der Waals surface area (Å²) in [5, 5.41) is 60.1. The van der Waals surface area contributed by atoms with Crippen molar-refractivity contribution < 1.29 is 20.4 Å². The number of aliphatic hydroxyl groups excluding tert-OH is 4. The van der Waals surface area contributed by atoms with Crippen LogP contribution in [0.1, 0.15) is 13.8 Å². The normalized spacial score (nSPS) is 4.02. The van der Waals surface area contributed by atoms with Crippen LogP contribution in [0.3, 0.4) is 0 Å².